The Morgan fingerprint density at radius 2 is 2.10 bits per heavy atom. The molecule has 1 N–H and O–H groups in total. The van der Waals surface area contributed by atoms with Gasteiger partial charge in [0.25, 0.3) is 0 Å². The standard InChI is InChI=1S/C7H10O3/c1-5(2)10-6(3)4-7(8)9/h1,3-4H2,2H3,(H,8,9). The van der Waals surface area contributed by atoms with E-state index in [1.165, 1.54) is 0 Å². The molecule has 0 aromatic rings. The van der Waals surface area contributed by atoms with Crippen LogP contribution >= 0.6 is 0 Å². The van der Waals surface area contributed by atoms with Gasteiger partial charge in [-0.3, -0.25) is 4.79 Å². The zero-order valence-electron chi connectivity index (χ0n) is 5.89. The smallest absolute Gasteiger partial charge is 0.311 e. The van der Waals surface area contributed by atoms with Crippen molar-refractivity contribution < 1.29 is 14.6 Å². The van der Waals surface area contributed by atoms with E-state index in [1.807, 2.05) is 0 Å². The van der Waals surface area contributed by atoms with E-state index >= 15 is 0 Å². The number of rotatable bonds is 4. The molecule has 0 unspecified atom stereocenters. The lowest BCUT2D eigenvalue weighted by molar-refractivity contribution is -0.136. The first-order valence-corrected chi connectivity index (χ1v) is 2.75. The number of allylic oxidation sites excluding steroid dienone is 1. The fourth-order valence-electron chi connectivity index (χ4n) is 0.451. The highest BCUT2D eigenvalue weighted by atomic mass is 16.5. The topological polar surface area (TPSA) is 46.5 Å². The minimum atomic E-state index is -0.953. The molecule has 0 atom stereocenters. The summed E-state index contributed by atoms with van der Waals surface area (Å²) in [6, 6.07) is 0. The van der Waals surface area contributed by atoms with E-state index in [0.717, 1.165) is 0 Å². The first-order valence-electron chi connectivity index (χ1n) is 2.75. The van der Waals surface area contributed by atoms with E-state index in [9.17, 15) is 4.79 Å². The largest absolute Gasteiger partial charge is 0.481 e. The van der Waals surface area contributed by atoms with Gasteiger partial charge >= 0.3 is 5.97 Å². The Morgan fingerprint density at radius 1 is 1.60 bits per heavy atom. The summed E-state index contributed by atoms with van der Waals surface area (Å²) in [5.74, 6) is -0.294. The van der Waals surface area contributed by atoms with Crippen LogP contribution in [-0.2, 0) is 9.53 Å². The summed E-state index contributed by atoms with van der Waals surface area (Å²) in [5, 5.41) is 8.23. The Balaban J connectivity index is 3.65. The Hall–Kier alpha value is -1.25. The van der Waals surface area contributed by atoms with Gasteiger partial charge in [-0.25, -0.2) is 0 Å². The van der Waals surface area contributed by atoms with Crippen LogP contribution < -0.4 is 0 Å². The number of hydrogen-bond acceptors (Lipinski definition) is 2. The van der Waals surface area contributed by atoms with Crippen molar-refractivity contribution in [1.82, 2.24) is 0 Å². The number of carbonyl (C=O) groups is 1. The molecule has 0 saturated heterocycles. The molecule has 0 fully saturated rings. The van der Waals surface area contributed by atoms with Gasteiger partial charge in [0.1, 0.15) is 12.2 Å². The van der Waals surface area contributed by atoms with Crippen LogP contribution in [-0.4, -0.2) is 11.1 Å². The molecular formula is C7H10O3. The minimum Gasteiger partial charge on any atom is -0.481 e. The molecular weight excluding hydrogens is 132 g/mol. The zero-order chi connectivity index (χ0) is 8.15. The van der Waals surface area contributed by atoms with Crippen molar-refractivity contribution in [2.75, 3.05) is 0 Å². The summed E-state index contributed by atoms with van der Waals surface area (Å²) >= 11 is 0. The van der Waals surface area contributed by atoms with Crippen molar-refractivity contribution in [3.63, 3.8) is 0 Å². The molecule has 3 nitrogen and oxygen atoms in total. The van der Waals surface area contributed by atoms with Crippen LogP contribution in [0.5, 0.6) is 0 Å². The molecule has 0 spiro atoms. The molecule has 3 heteroatoms. The highest BCUT2D eigenvalue weighted by molar-refractivity contribution is 5.69. The van der Waals surface area contributed by atoms with Gasteiger partial charge in [0.2, 0.25) is 0 Å². The first-order chi connectivity index (χ1) is 4.52. The predicted molar refractivity (Wildman–Crippen MR) is 37.3 cm³/mol. The molecule has 0 amide bonds. The molecule has 0 aliphatic rings. The van der Waals surface area contributed by atoms with Gasteiger partial charge in [0.05, 0.1) is 5.76 Å². The van der Waals surface area contributed by atoms with Crippen molar-refractivity contribution >= 4 is 5.97 Å². The van der Waals surface area contributed by atoms with E-state index in [-0.39, 0.29) is 12.2 Å². The van der Waals surface area contributed by atoms with Gasteiger partial charge in [0.15, 0.2) is 0 Å². The predicted octanol–water partition coefficient (Wildman–Crippen LogP) is 1.52. The van der Waals surface area contributed by atoms with Crippen molar-refractivity contribution in [2.24, 2.45) is 0 Å². The van der Waals surface area contributed by atoms with Crippen molar-refractivity contribution in [2.45, 2.75) is 13.3 Å². The summed E-state index contributed by atoms with van der Waals surface area (Å²) < 4.78 is 4.79. The maximum Gasteiger partial charge on any atom is 0.311 e. The highest BCUT2D eigenvalue weighted by Gasteiger charge is 2.01. The van der Waals surface area contributed by atoms with Gasteiger partial charge < -0.3 is 9.84 Å². The van der Waals surface area contributed by atoms with Gasteiger partial charge in [0, 0.05) is 0 Å². The molecule has 0 heterocycles. The number of hydrogen-bond donors (Lipinski definition) is 1. The lowest BCUT2D eigenvalue weighted by atomic mass is 10.4. The van der Waals surface area contributed by atoms with E-state index in [4.69, 9.17) is 9.84 Å². The van der Waals surface area contributed by atoms with Gasteiger partial charge in [-0.2, -0.15) is 0 Å². The Bertz CT molecular complexity index is 152. The Labute approximate surface area is 59.6 Å². The molecule has 0 rings (SSSR count). The number of carboxylic acid groups (broad SMARTS) is 1. The molecule has 0 aliphatic heterocycles. The third kappa shape index (κ3) is 4.90. The second-order valence-corrected chi connectivity index (χ2v) is 1.91. The van der Waals surface area contributed by atoms with Gasteiger partial charge in [-0.05, 0) is 6.92 Å². The second kappa shape index (κ2) is 3.71. The van der Waals surface area contributed by atoms with Crippen LogP contribution in [0.25, 0.3) is 0 Å². The van der Waals surface area contributed by atoms with E-state index < -0.39 is 5.97 Å². The van der Waals surface area contributed by atoms with Crippen LogP contribution in [0, 0.1) is 0 Å². The van der Waals surface area contributed by atoms with Gasteiger partial charge in [-0.1, -0.05) is 13.2 Å². The number of ether oxygens (including phenoxy) is 1. The maximum absolute atomic E-state index is 10.0. The summed E-state index contributed by atoms with van der Waals surface area (Å²) in [5.41, 5.74) is 0. The SMILES string of the molecule is C=C(C)OC(=C)CC(=O)O. The molecule has 0 aromatic heterocycles. The molecule has 56 valence electrons. The molecule has 10 heavy (non-hydrogen) atoms. The van der Waals surface area contributed by atoms with E-state index in [2.05, 4.69) is 13.2 Å². The van der Waals surface area contributed by atoms with Crippen LogP contribution in [0.4, 0.5) is 0 Å². The van der Waals surface area contributed by atoms with Crippen LogP contribution in [0.2, 0.25) is 0 Å². The normalized spacial score (nSPS) is 8.50. The zero-order valence-corrected chi connectivity index (χ0v) is 5.89. The lowest BCUT2D eigenvalue weighted by Gasteiger charge is -2.03. The number of aliphatic carboxylic acids is 1. The molecule has 0 saturated carbocycles. The average Bonchev–Trinajstić information content (AvgIpc) is 1.58. The van der Waals surface area contributed by atoms with Crippen molar-refractivity contribution in [3.8, 4) is 0 Å². The molecule has 0 aromatic carbocycles. The lowest BCUT2D eigenvalue weighted by Crippen LogP contribution is -1.98. The van der Waals surface area contributed by atoms with Crippen LogP contribution in [0.15, 0.2) is 24.7 Å². The molecule has 0 bridgehead atoms. The van der Waals surface area contributed by atoms with Crippen molar-refractivity contribution in [3.05, 3.63) is 24.7 Å². The fourth-order valence-corrected chi connectivity index (χ4v) is 0.451. The number of carboxylic acids is 1. The monoisotopic (exact) mass is 142 g/mol. The third-order valence-corrected chi connectivity index (χ3v) is 0.667. The summed E-state index contributed by atoms with van der Waals surface area (Å²) in [6.45, 7) is 8.43. The quantitative estimate of drug-likeness (QED) is 0.605. The van der Waals surface area contributed by atoms with E-state index in [1.54, 1.807) is 6.92 Å². The average molecular weight is 142 g/mol. The maximum atomic E-state index is 10.0. The van der Waals surface area contributed by atoms with Gasteiger partial charge in [-0.15, -0.1) is 0 Å². The highest BCUT2D eigenvalue weighted by Crippen LogP contribution is 2.04. The minimum absolute atomic E-state index is 0.174. The summed E-state index contributed by atoms with van der Waals surface area (Å²) in [4.78, 5) is 10.0. The first kappa shape index (κ1) is 8.75. The van der Waals surface area contributed by atoms with E-state index in [0.29, 0.717) is 5.76 Å². The van der Waals surface area contributed by atoms with Crippen molar-refractivity contribution in [1.29, 1.82) is 0 Å². The third-order valence-electron chi connectivity index (χ3n) is 0.667. The fraction of sp³-hybridized carbons (Fsp3) is 0.286. The Kier molecular flexibility index (Phi) is 3.25. The Morgan fingerprint density at radius 3 is 2.40 bits per heavy atom. The van der Waals surface area contributed by atoms with Crippen LogP contribution in [0.3, 0.4) is 0 Å². The van der Waals surface area contributed by atoms with Crippen LogP contribution in [0.1, 0.15) is 13.3 Å². The second-order valence-electron chi connectivity index (χ2n) is 1.91. The summed E-state index contributed by atoms with van der Waals surface area (Å²) in [7, 11) is 0. The summed E-state index contributed by atoms with van der Waals surface area (Å²) in [6.07, 6.45) is -0.174. The molecule has 0 radical (unpaired) electrons. The molecule has 0 aliphatic carbocycles.